The molecular weight excluding hydrogens is 427 g/mol. The van der Waals surface area contributed by atoms with Crippen LogP contribution in [0, 0.1) is 17.5 Å². The number of nitrogens with zero attached hydrogens (tertiary/aromatic N) is 4. The van der Waals surface area contributed by atoms with E-state index in [0.717, 1.165) is 25.0 Å². The minimum Gasteiger partial charge on any atom is -0.485 e. The Morgan fingerprint density at radius 3 is 2.69 bits per heavy atom. The van der Waals surface area contributed by atoms with Crippen LogP contribution in [0.2, 0.25) is 0 Å². The molecule has 170 valence electrons. The highest BCUT2D eigenvalue weighted by Crippen LogP contribution is 2.29. The highest BCUT2D eigenvalue weighted by atomic mass is 19.2. The van der Waals surface area contributed by atoms with Gasteiger partial charge in [0.1, 0.15) is 17.3 Å². The number of nitrogens with one attached hydrogen (secondary N) is 1. The molecule has 1 aromatic carbocycles. The van der Waals surface area contributed by atoms with Gasteiger partial charge in [-0.05, 0) is 31.9 Å². The zero-order chi connectivity index (χ0) is 22.4. The van der Waals surface area contributed by atoms with Crippen molar-refractivity contribution in [2.24, 2.45) is 0 Å². The Hall–Kier alpha value is -2.92. The van der Waals surface area contributed by atoms with Crippen LogP contribution in [0.15, 0.2) is 23.1 Å². The van der Waals surface area contributed by atoms with Crippen molar-refractivity contribution in [2.75, 3.05) is 26.3 Å². The Kier molecular flexibility index (Phi) is 5.38. The lowest BCUT2D eigenvalue weighted by Gasteiger charge is -2.42. The van der Waals surface area contributed by atoms with E-state index in [1.165, 1.54) is 6.20 Å². The second-order valence-corrected chi connectivity index (χ2v) is 8.16. The number of H-pyrrole nitrogens is 1. The molecule has 3 aromatic rings. The van der Waals surface area contributed by atoms with Gasteiger partial charge in [0.25, 0.3) is 5.56 Å². The molecule has 1 atom stereocenters. The van der Waals surface area contributed by atoms with Gasteiger partial charge in [0.05, 0.1) is 18.3 Å². The Labute approximate surface area is 180 Å². The Morgan fingerprint density at radius 2 is 1.94 bits per heavy atom. The van der Waals surface area contributed by atoms with Crippen LogP contribution in [0.25, 0.3) is 11.0 Å². The van der Waals surface area contributed by atoms with Gasteiger partial charge >= 0.3 is 0 Å². The lowest BCUT2D eigenvalue weighted by Crippen LogP contribution is -2.54. The van der Waals surface area contributed by atoms with Gasteiger partial charge in [-0.1, -0.05) is 0 Å². The third-order valence-corrected chi connectivity index (χ3v) is 6.13. The third kappa shape index (κ3) is 3.65. The number of halogens is 3. The third-order valence-electron chi connectivity index (χ3n) is 6.13. The molecule has 5 rings (SSSR count). The monoisotopic (exact) mass is 449 g/mol. The van der Waals surface area contributed by atoms with Gasteiger partial charge in [0, 0.05) is 26.3 Å². The number of hydrogen-bond acceptors (Lipinski definition) is 6. The summed E-state index contributed by atoms with van der Waals surface area (Å²) in [6.07, 6.45) is 2.76. The molecule has 0 aliphatic carbocycles. The molecule has 2 fully saturated rings. The van der Waals surface area contributed by atoms with Gasteiger partial charge in [-0.2, -0.15) is 9.49 Å². The van der Waals surface area contributed by atoms with Crippen molar-refractivity contribution in [1.29, 1.82) is 0 Å². The van der Waals surface area contributed by atoms with Crippen LogP contribution < -0.4 is 10.3 Å². The Balaban J connectivity index is 1.31. The number of benzene rings is 1. The number of aromatic nitrogens is 4. The first-order chi connectivity index (χ1) is 15.4. The van der Waals surface area contributed by atoms with E-state index in [-0.39, 0.29) is 29.5 Å². The topological polar surface area (TPSA) is 85.3 Å². The van der Waals surface area contributed by atoms with Gasteiger partial charge < -0.3 is 14.5 Å². The van der Waals surface area contributed by atoms with Gasteiger partial charge in [0.2, 0.25) is 5.82 Å². The molecule has 11 heteroatoms. The maximum absolute atomic E-state index is 13.8. The van der Waals surface area contributed by atoms with Crippen LogP contribution in [-0.2, 0) is 4.74 Å². The molecule has 0 bridgehead atoms. The van der Waals surface area contributed by atoms with Crippen molar-refractivity contribution in [3.63, 3.8) is 0 Å². The number of aromatic amines is 1. The predicted octanol–water partition coefficient (Wildman–Crippen LogP) is 2.71. The van der Waals surface area contributed by atoms with Gasteiger partial charge in [-0.15, -0.1) is 0 Å². The average molecular weight is 449 g/mol. The summed E-state index contributed by atoms with van der Waals surface area (Å²) >= 11 is 0. The van der Waals surface area contributed by atoms with E-state index in [2.05, 4.69) is 15.1 Å². The van der Waals surface area contributed by atoms with Crippen LogP contribution in [-0.4, -0.2) is 57.1 Å². The molecule has 0 spiro atoms. The first-order valence-corrected chi connectivity index (χ1v) is 10.5. The first-order valence-electron chi connectivity index (χ1n) is 10.5. The molecule has 2 aromatic heterocycles. The highest BCUT2D eigenvalue weighted by molar-refractivity contribution is 5.73. The normalized spacial score (nSPS) is 19.2. The fourth-order valence-electron chi connectivity index (χ4n) is 4.16. The summed E-state index contributed by atoms with van der Waals surface area (Å²) in [4.78, 5) is 22.1. The number of rotatable bonds is 5. The second kappa shape index (κ2) is 8.21. The Bertz CT molecular complexity index is 1200. The fraction of sp³-hybridized carbons (Fsp3) is 0.476. The van der Waals surface area contributed by atoms with E-state index in [4.69, 9.17) is 9.47 Å². The van der Waals surface area contributed by atoms with Crippen molar-refractivity contribution in [1.82, 2.24) is 24.6 Å². The van der Waals surface area contributed by atoms with Gasteiger partial charge in [-0.25, -0.2) is 18.4 Å². The van der Waals surface area contributed by atoms with E-state index < -0.39 is 17.5 Å². The molecule has 1 N–H and O–H groups in total. The minimum atomic E-state index is -1.55. The molecule has 2 aliphatic rings. The van der Waals surface area contributed by atoms with E-state index >= 15 is 0 Å². The van der Waals surface area contributed by atoms with E-state index in [1.807, 2.05) is 11.8 Å². The van der Waals surface area contributed by atoms with Crippen LogP contribution in [0.1, 0.15) is 37.7 Å². The minimum absolute atomic E-state index is 0.131. The molecular formula is C21H22F3N5O3. The van der Waals surface area contributed by atoms with Crippen LogP contribution in [0.4, 0.5) is 13.2 Å². The summed E-state index contributed by atoms with van der Waals surface area (Å²) in [5.74, 6) is -3.98. The lowest BCUT2D eigenvalue weighted by atomic mass is 10.1. The smallest absolute Gasteiger partial charge is 0.262 e. The first kappa shape index (κ1) is 21.0. The van der Waals surface area contributed by atoms with Crippen molar-refractivity contribution in [3.05, 3.63) is 52.0 Å². The summed E-state index contributed by atoms with van der Waals surface area (Å²) < 4.78 is 53.0. The number of hydrogen-bond donors (Lipinski definition) is 1. The SMILES string of the molecule is CC(c1nc2c(cnn2C2CCOCC2)c(=O)[nH]1)N1CC(Oc2ccc(F)c(F)c2F)C1. The maximum Gasteiger partial charge on any atom is 0.262 e. The number of fused-ring (bicyclic) bond motifs is 1. The zero-order valence-corrected chi connectivity index (χ0v) is 17.4. The molecule has 2 saturated heterocycles. The summed E-state index contributed by atoms with van der Waals surface area (Å²) in [7, 11) is 0. The van der Waals surface area contributed by atoms with E-state index in [9.17, 15) is 18.0 Å². The molecule has 8 nitrogen and oxygen atoms in total. The standard InChI is InChI=1S/C21H22F3N5O3/c1-11(28-9-13(10-28)32-16-3-2-15(22)17(23)18(16)24)19-26-20-14(21(30)27-19)8-25-29(20)12-4-6-31-7-5-12/h2-3,8,11-13H,4-7,9-10H2,1H3,(H,26,27,30). The molecule has 1 unspecified atom stereocenters. The lowest BCUT2D eigenvalue weighted by molar-refractivity contribution is -0.00958. The number of likely N-dealkylation sites (tertiary alicyclic amines) is 1. The molecule has 32 heavy (non-hydrogen) atoms. The van der Waals surface area contributed by atoms with Crippen LogP contribution >= 0.6 is 0 Å². The van der Waals surface area contributed by atoms with E-state index in [1.54, 1.807) is 4.68 Å². The second-order valence-electron chi connectivity index (χ2n) is 8.16. The summed E-state index contributed by atoms with van der Waals surface area (Å²) in [6, 6.07) is 1.80. The quantitative estimate of drug-likeness (QED) is 0.603. The summed E-state index contributed by atoms with van der Waals surface area (Å²) in [6.45, 7) is 4.02. The van der Waals surface area contributed by atoms with E-state index in [0.29, 0.717) is 43.2 Å². The van der Waals surface area contributed by atoms with Crippen molar-refractivity contribution in [3.8, 4) is 5.75 Å². The van der Waals surface area contributed by atoms with Crippen LogP contribution in [0.3, 0.4) is 0 Å². The van der Waals surface area contributed by atoms with Crippen molar-refractivity contribution >= 4 is 11.0 Å². The summed E-state index contributed by atoms with van der Waals surface area (Å²) in [5.41, 5.74) is 0.284. The molecule has 0 amide bonds. The summed E-state index contributed by atoms with van der Waals surface area (Å²) in [5, 5.41) is 4.83. The van der Waals surface area contributed by atoms with Gasteiger partial charge in [-0.3, -0.25) is 9.69 Å². The Morgan fingerprint density at radius 1 is 1.19 bits per heavy atom. The molecule has 0 radical (unpaired) electrons. The van der Waals surface area contributed by atoms with Gasteiger partial charge in [0.15, 0.2) is 23.0 Å². The zero-order valence-electron chi connectivity index (χ0n) is 17.4. The fourth-order valence-corrected chi connectivity index (χ4v) is 4.16. The average Bonchev–Trinajstić information content (AvgIpc) is 3.20. The maximum atomic E-state index is 13.8. The highest BCUT2D eigenvalue weighted by Gasteiger charge is 2.35. The van der Waals surface area contributed by atoms with Crippen LogP contribution in [0.5, 0.6) is 5.75 Å². The largest absolute Gasteiger partial charge is 0.485 e. The molecule has 2 aliphatic heterocycles. The molecule has 4 heterocycles. The number of ether oxygens (including phenoxy) is 2. The predicted molar refractivity (Wildman–Crippen MR) is 108 cm³/mol. The van der Waals surface area contributed by atoms with Crippen molar-refractivity contribution < 1.29 is 22.6 Å². The van der Waals surface area contributed by atoms with Crippen molar-refractivity contribution in [2.45, 2.75) is 38.0 Å². The molecule has 0 saturated carbocycles.